The molecule has 0 radical (unpaired) electrons. The highest BCUT2D eigenvalue weighted by Gasteiger charge is 2.16. The lowest BCUT2D eigenvalue weighted by atomic mass is 10.1. The second-order valence-electron chi connectivity index (χ2n) is 6.44. The lowest BCUT2D eigenvalue weighted by Crippen LogP contribution is -2.16. The summed E-state index contributed by atoms with van der Waals surface area (Å²) in [6, 6.07) is 25.5. The van der Waals surface area contributed by atoms with Crippen LogP contribution in [0, 0.1) is 0 Å². The van der Waals surface area contributed by atoms with Gasteiger partial charge in [-0.15, -0.1) is 11.8 Å². The minimum absolute atomic E-state index is 0.0634. The van der Waals surface area contributed by atoms with Crippen molar-refractivity contribution >= 4 is 61.4 Å². The molecule has 0 saturated heterocycles. The van der Waals surface area contributed by atoms with E-state index in [1.807, 2.05) is 66.7 Å². The second kappa shape index (κ2) is 9.20. The topological polar surface area (TPSA) is 53.8 Å². The van der Waals surface area contributed by atoms with Crippen molar-refractivity contribution in [3.8, 4) is 0 Å². The molecule has 1 aliphatic heterocycles. The number of thioether (sulfide) groups is 1. The summed E-state index contributed by atoms with van der Waals surface area (Å²) in [5.74, 6) is 0.224. The van der Waals surface area contributed by atoms with Crippen LogP contribution in [0.2, 0.25) is 0 Å². The summed E-state index contributed by atoms with van der Waals surface area (Å²) in [5.41, 5.74) is 4.46. The summed E-state index contributed by atoms with van der Waals surface area (Å²) in [7, 11) is 0. The van der Waals surface area contributed by atoms with Gasteiger partial charge in [0.15, 0.2) is 0 Å². The number of nitrogens with zero attached hydrogens (tertiary/aromatic N) is 2. The van der Waals surface area contributed by atoms with E-state index in [4.69, 9.17) is 9.98 Å². The molecule has 1 N–H and O–H groups in total. The van der Waals surface area contributed by atoms with Crippen molar-refractivity contribution in [2.24, 2.45) is 9.98 Å². The quantitative estimate of drug-likeness (QED) is 0.488. The molecular formula is C23H18BrN3OS. The van der Waals surface area contributed by atoms with Crippen LogP contribution in [-0.2, 0) is 4.79 Å². The summed E-state index contributed by atoms with van der Waals surface area (Å²) in [6.45, 7) is 0. The van der Waals surface area contributed by atoms with Crippen molar-refractivity contribution in [2.75, 3.05) is 11.1 Å². The Morgan fingerprint density at radius 2 is 1.66 bits per heavy atom. The van der Waals surface area contributed by atoms with Crippen LogP contribution in [0.1, 0.15) is 12.0 Å². The third kappa shape index (κ3) is 5.22. The summed E-state index contributed by atoms with van der Waals surface area (Å²) in [6.07, 6.45) is 0.591. The van der Waals surface area contributed by atoms with Gasteiger partial charge in [0.05, 0.1) is 27.9 Å². The van der Waals surface area contributed by atoms with Crippen LogP contribution in [-0.4, -0.2) is 22.4 Å². The van der Waals surface area contributed by atoms with E-state index in [0.29, 0.717) is 6.42 Å². The number of hydrogen-bond acceptors (Lipinski definition) is 4. The summed E-state index contributed by atoms with van der Waals surface area (Å²) < 4.78 is 0.927. The highest BCUT2D eigenvalue weighted by molar-refractivity contribution is 9.10. The van der Waals surface area contributed by atoms with Crippen molar-refractivity contribution in [1.82, 2.24) is 0 Å². The molecule has 0 unspecified atom stereocenters. The van der Waals surface area contributed by atoms with E-state index in [0.717, 1.165) is 37.9 Å². The first kappa shape index (κ1) is 19.6. The maximum atomic E-state index is 12.4. The van der Waals surface area contributed by atoms with Gasteiger partial charge in [0.25, 0.3) is 0 Å². The highest BCUT2D eigenvalue weighted by Crippen LogP contribution is 2.33. The molecule has 0 aromatic heterocycles. The minimum atomic E-state index is -0.0634. The van der Waals surface area contributed by atoms with Gasteiger partial charge in [-0.25, -0.2) is 4.99 Å². The number of fused-ring (bicyclic) bond motifs is 1. The van der Waals surface area contributed by atoms with E-state index in [9.17, 15) is 4.79 Å². The Bertz CT molecular complexity index is 1100. The van der Waals surface area contributed by atoms with Gasteiger partial charge in [0, 0.05) is 16.6 Å². The smallest absolute Gasteiger partial charge is 0.234 e. The fourth-order valence-electron chi connectivity index (χ4n) is 2.95. The zero-order valence-electron chi connectivity index (χ0n) is 15.5. The zero-order valence-corrected chi connectivity index (χ0v) is 17.9. The van der Waals surface area contributed by atoms with Crippen LogP contribution >= 0.6 is 27.7 Å². The number of hydrogen-bond donors (Lipinski definition) is 1. The molecule has 3 aromatic rings. The fourth-order valence-corrected chi connectivity index (χ4v) is 4.12. The van der Waals surface area contributed by atoms with Crippen molar-refractivity contribution in [3.05, 3.63) is 88.9 Å². The molecule has 144 valence electrons. The molecule has 0 saturated carbocycles. The third-order valence-corrected chi connectivity index (χ3v) is 5.75. The highest BCUT2D eigenvalue weighted by atomic mass is 79.9. The zero-order chi connectivity index (χ0) is 20.1. The molecule has 6 heteroatoms. The van der Waals surface area contributed by atoms with E-state index < -0.39 is 0 Å². The Morgan fingerprint density at radius 3 is 2.41 bits per heavy atom. The number of halogens is 1. The molecule has 29 heavy (non-hydrogen) atoms. The van der Waals surface area contributed by atoms with Gasteiger partial charge in [0.1, 0.15) is 0 Å². The van der Waals surface area contributed by atoms with Gasteiger partial charge >= 0.3 is 0 Å². The van der Waals surface area contributed by atoms with Crippen molar-refractivity contribution in [3.63, 3.8) is 0 Å². The van der Waals surface area contributed by atoms with Gasteiger partial charge in [-0.05, 0) is 35.9 Å². The summed E-state index contributed by atoms with van der Waals surface area (Å²) in [4.78, 5) is 22.0. The predicted molar refractivity (Wildman–Crippen MR) is 126 cm³/mol. The summed E-state index contributed by atoms with van der Waals surface area (Å²) in [5, 5.41) is 3.80. The maximum absolute atomic E-state index is 12.4. The molecule has 0 bridgehead atoms. The minimum Gasteiger partial charge on any atom is -0.325 e. The molecule has 0 fully saturated rings. The first-order chi connectivity index (χ1) is 14.2. The monoisotopic (exact) mass is 463 g/mol. The Kier molecular flexibility index (Phi) is 6.22. The van der Waals surface area contributed by atoms with E-state index in [2.05, 4.69) is 33.4 Å². The van der Waals surface area contributed by atoms with Crippen LogP contribution in [0.5, 0.6) is 0 Å². The van der Waals surface area contributed by atoms with Crippen LogP contribution in [0.4, 0.5) is 17.1 Å². The molecule has 4 nitrogen and oxygen atoms in total. The lowest BCUT2D eigenvalue weighted by molar-refractivity contribution is -0.113. The average molecular weight is 464 g/mol. The van der Waals surface area contributed by atoms with E-state index >= 15 is 0 Å². The molecule has 1 aliphatic rings. The standard InChI is InChI=1S/C23H18BrN3OS/c24-17-9-6-10-18(13-17)25-22(28)15-29-23-14-21(16-7-2-1-3-8-16)26-19-11-4-5-12-20(19)27-23/h1-13H,14-15H2,(H,25,28). The number of carbonyl (C=O) groups is 1. The average Bonchev–Trinajstić information content (AvgIpc) is 2.92. The predicted octanol–water partition coefficient (Wildman–Crippen LogP) is 6.38. The number of aliphatic imine (C=N–C) groups is 2. The first-order valence-electron chi connectivity index (χ1n) is 9.15. The van der Waals surface area contributed by atoms with Gasteiger partial charge in [-0.2, -0.15) is 0 Å². The lowest BCUT2D eigenvalue weighted by Gasteiger charge is -2.08. The normalized spacial score (nSPS) is 13.0. The molecule has 3 aromatic carbocycles. The molecule has 1 heterocycles. The Hall–Kier alpha value is -2.70. The molecule has 0 aliphatic carbocycles. The van der Waals surface area contributed by atoms with Gasteiger partial charge < -0.3 is 5.32 Å². The van der Waals surface area contributed by atoms with Crippen LogP contribution < -0.4 is 5.32 Å². The van der Waals surface area contributed by atoms with Gasteiger partial charge in [-0.1, -0.05) is 64.5 Å². The molecule has 0 atom stereocenters. The number of anilines is 1. The fraction of sp³-hybridized carbons (Fsp3) is 0.0870. The van der Waals surface area contributed by atoms with Gasteiger partial charge in [-0.3, -0.25) is 9.79 Å². The largest absolute Gasteiger partial charge is 0.325 e. The first-order valence-corrected chi connectivity index (χ1v) is 10.9. The SMILES string of the molecule is O=C(CSC1=Nc2ccccc2N=C(c2ccccc2)C1)Nc1cccc(Br)c1. The van der Waals surface area contributed by atoms with E-state index in [-0.39, 0.29) is 11.7 Å². The Morgan fingerprint density at radius 1 is 0.931 bits per heavy atom. The van der Waals surface area contributed by atoms with Crippen molar-refractivity contribution in [2.45, 2.75) is 6.42 Å². The number of benzene rings is 3. The van der Waals surface area contributed by atoms with Crippen LogP contribution in [0.15, 0.2) is 93.3 Å². The number of carbonyl (C=O) groups excluding carboxylic acids is 1. The van der Waals surface area contributed by atoms with Crippen LogP contribution in [0.25, 0.3) is 0 Å². The summed E-state index contributed by atoms with van der Waals surface area (Å²) >= 11 is 4.87. The Balaban J connectivity index is 1.51. The third-order valence-electron chi connectivity index (χ3n) is 4.29. The van der Waals surface area contributed by atoms with E-state index in [1.54, 1.807) is 0 Å². The van der Waals surface area contributed by atoms with E-state index in [1.165, 1.54) is 11.8 Å². The number of rotatable bonds is 4. The van der Waals surface area contributed by atoms with Crippen molar-refractivity contribution < 1.29 is 4.79 Å². The van der Waals surface area contributed by atoms with Crippen molar-refractivity contribution in [1.29, 1.82) is 0 Å². The van der Waals surface area contributed by atoms with Gasteiger partial charge in [0.2, 0.25) is 5.91 Å². The molecule has 1 amide bonds. The second-order valence-corrected chi connectivity index (χ2v) is 8.41. The number of para-hydroxylation sites is 2. The molecule has 4 rings (SSSR count). The molecule has 0 spiro atoms. The number of nitrogens with one attached hydrogen (secondary N) is 1. The number of amides is 1. The Labute approximate surface area is 182 Å². The van der Waals surface area contributed by atoms with Crippen LogP contribution in [0.3, 0.4) is 0 Å². The maximum Gasteiger partial charge on any atom is 0.234 e. The molecular weight excluding hydrogens is 446 g/mol.